The third-order valence-corrected chi connectivity index (χ3v) is 1.95. The minimum atomic E-state index is 0. The van der Waals surface area contributed by atoms with Crippen LogP contribution in [0.3, 0.4) is 0 Å². The van der Waals surface area contributed by atoms with Crippen LogP contribution in [0, 0.1) is 0 Å². The largest absolute Gasteiger partial charge is 0.504 e. The lowest BCUT2D eigenvalue weighted by molar-refractivity contribution is 0.385. The molecule has 0 aromatic heterocycles. The number of aromatic hydroxyl groups is 2. The molecule has 0 saturated heterocycles. The Balaban J connectivity index is 0.00000128. The van der Waals surface area contributed by atoms with Crippen molar-refractivity contribution in [3.63, 3.8) is 0 Å². The monoisotopic (exact) mass is 236 g/mol. The van der Waals surface area contributed by atoms with E-state index in [2.05, 4.69) is 0 Å². The molecule has 0 aliphatic heterocycles. The SMILES string of the molecule is Oc1ccccc1Oc1ccccc1O.P. The molecule has 2 N–H and O–H groups in total. The molecule has 1 unspecified atom stereocenters. The highest BCUT2D eigenvalue weighted by molar-refractivity contribution is 6.92. The van der Waals surface area contributed by atoms with Crippen molar-refractivity contribution in [3.8, 4) is 23.0 Å². The molecule has 0 saturated carbocycles. The molecule has 1 atom stereocenters. The molecule has 0 aliphatic rings. The van der Waals surface area contributed by atoms with Gasteiger partial charge in [-0.3, -0.25) is 0 Å². The van der Waals surface area contributed by atoms with Crippen molar-refractivity contribution in [1.29, 1.82) is 0 Å². The van der Waals surface area contributed by atoms with Gasteiger partial charge in [-0.25, -0.2) is 0 Å². The van der Waals surface area contributed by atoms with Crippen molar-refractivity contribution in [2.75, 3.05) is 0 Å². The second-order valence-electron chi connectivity index (χ2n) is 3.04. The third-order valence-electron chi connectivity index (χ3n) is 1.95. The molecule has 3 nitrogen and oxygen atoms in total. The fraction of sp³-hybridized carbons (Fsp3) is 0. The summed E-state index contributed by atoms with van der Waals surface area (Å²) in [5.41, 5.74) is 0. The predicted molar refractivity (Wildman–Crippen MR) is 67.4 cm³/mol. The summed E-state index contributed by atoms with van der Waals surface area (Å²) in [4.78, 5) is 0. The molecule has 0 heterocycles. The van der Waals surface area contributed by atoms with Crippen LogP contribution in [-0.2, 0) is 0 Å². The Morgan fingerprint density at radius 1 is 0.688 bits per heavy atom. The van der Waals surface area contributed by atoms with Crippen molar-refractivity contribution >= 4 is 9.90 Å². The fourth-order valence-corrected chi connectivity index (χ4v) is 1.21. The zero-order valence-electron chi connectivity index (χ0n) is 8.63. The number of phenols is 2. The summed E-state index contributed by atoms with van der Waals surface area (Å²) in [6, 6.07) is 13.2. The summed E-state index contributed by atoms with van der Waals surface area (Å²) >= 11 is 0. The highest BCUT2D eigenvalue weighted by atomic mass is 31.0. The molecule has 2 aromatic carbocycles. The number of rotatable bonds is 2. The van der Waals surface area contributed by atoms with Crippen LogP contribution in [0.1, 0.15) is 0 Å². The van der Waals surface area contributed by atoms with Gasteiger partial charge < -0.3 is 14.9 Å². The Bertz CT molecular complexity index is 428. The van der Waals surface area contributed by atoms with Crippen molar-refractivity contribution in [2.45, 2.75) is 0 Å². The molecule has 2 rings (SSSR count). The minimum absolute atomic E-state index is 0. The molecule has 84 valence electrons. The first kappa shape index (κ1) is 12.3. The van der Waals surface area contributed by atoms with E-state index in [4.69, 9.17) is 4.74 Å². The smallest absolute Gasteiger partial charge is 0.169 e. The van der Waals surface area contributed by atoms with E-state index in [1.54, 1.807) is 36.4 Å². The van der Waals surface area contributed by atoms with E-state index in [9.17, 15) is 10.2 Å². The fourth-order valence-electron chi connectivity index (χ4n) is 1.21. The Morgan fingerprint density at radius 2 is 1.06 bits per heavy atom. The van der Waals surface area contributed by atoms with Gasteiger partial charge in [0.25, 0.3) is 0 Å². The second kappa shape index (κ2) is 5.38. The number of phenolic OH excluding ortho intramolecular Hbond substituents is 2. The summed E-state index contributed by atoms with van der Waals surface area (Å²) in [6.07, 6.45) is 0. The predicted octanol–water partition coefficient (Wildman–Crippen LogP) is 2.95. The first-order chi connectivity index (χ1) is 7.27. The Morgan fingerprint density at radius 3 is 1.44 bits per heavy atom. The molecule has 0 aliphatic carbocycles. The van der Waals surface area contributed by atoms with Crippen LogP contribution in [0.25, 0.3) is 0 Å². The summed E-state index contributed by atoms with van der Waals surface area (Å²) in [5, 5.41) is 18.9. The van der Waals surface area contributed by atoms with Gasteiger partial charge in [-0.15, -0.1) is 0 Å². The van der Waals surface area contributed by atoms with Crippen LogP contribution < -0.4 is 4.74 Å². The molecular formula is C12H13O3P. The van der Waals surface area contributed by atoms with Gasteiger partial charge in [-0.1, -0.05) is 24.3 Å². The van der Waals surface area contributed by atoms with E-state index in [0.29, 0.717) is 11.5 Å². The molecule has 2 aromatic rings. The average Bonchev–Trinajstić information content (AvgIpc) is 2.24. The van der Waals surface area contributed by atoms with E-state index < -0.39 is 0 Å². The second-order valence-corrected chi connectivity index (χ2v) is 3.04. The Kier molecular flexibility index (Phi) is 4.15. The zero-order valence-corrected chi connectivity index (χ0v) is 10.0. The van der Waals surface area contributed by atoms with Crippen LogP contribution in [-0.4, -0.2) is 10.2 Å². The number of ether oxygens (including phenoxy) is 1. The molecule has 0 bridgehead atoms. The lowest BCUT2D eigenvalue weighted by atomic mass is 10.3. The van der Waals surface area contributed by atoms with Gasteiger partial charge in [-0.2, -0.15) is 9.90 Å². The third kappa shape index (κ3) is 2.65. The molecular weight excluding hydrogens is 223 g/mol. The molecule has 0 fully saturated rings. The summed E-state index contributed by atoms with van der Waals surface area (Å²) in [6.45, 7) is 0. The number of hydrogen-bond acceptors (Lipinski definition) is 3. The van der Waals surface area contributed by atoms with Gasteiger partial charge >= 0.3 is 0 Å². The minimum Gasteiger partial charge on any atom is -0.504 e. The van der Waals surface area contributed by atoms with Crippen LogP contribution in [0.2, 0.25) is 0 Å². The number of benzene rings is 2. The Hall–Kier alpha value is -1.73. The van der Waals surface area contributed by atoms with E-state index in [1.165, 1.54) is 12.1 Å². The lowest BCUT2D eigenvalue weighted by Crippen LogP contribution is -1.84. The maximum Gasteiger partial charge on any atom is 0.169 e. The van der Waals surface area contributed by atoms with Gasteiger partial charge in [0.15, 0.2) is 23.0 Å². The highest BCUT2D eigenvalue weighted by Gasteiger charge is 2.05. The zero-order chi connectivity index (χ0) is 10.7. The van der Waals surface area contributed by atoms with Gasteiger partial charge in [0, 0.05) is 0 Å². The quantitative estimate of drug-likeness (QED) is 0.788. The maximum atomic E-state index is 9.46. The number of para-hydroxylation sites is 4. The van der Waals surface area contributed by atoms with Crippen LogP contribution in [0.5, 0.6) is 23.0 Å². The standard InChI is InChI=1S/C12H10O3.H3P/c13-9-5-1-3-7-11(9)15-12-8-4-2-6-10(12)14;/h1-8,13-14H;1H3. The summed E-state index contributed by atoms with van der Waals surface area (Å²) in [7, 11) is 0. The van der Waals surface area contributed by atoms with Crippen LogP contribution >= 0.6 is 9.90 Å². The van der Waals surface area contributed by atoms with Crippen LogP contribution in [0.4, 0.5) is 0 Å². The van der Waals surface area contributed by atoms with E-state index in [0.717, 1.165) is 0 Å². The molecule has 4 heteroatoms. The van der Waals surface area contributed by atoms with E-state index >= 15 is 0 Å². The molecule has 0 spiro atoms. The summed E-state index contributed by atoms with van der Waals surface area (Å²) < 4.78 is 5.34. The van der Waals surface area contributed by atoms with Crippen molar-refractivity contribution in [3.05, 3.63) is 48.5 Å². The molecule has 0 radical (unpaired) electrons. The first-order valence-corrected chi connectivity index (χ1v) is 4.51. The van der Waals surface area contributed by atoms with E-state index in [1.807, 2.05) is 0 Å². The molecule has 0 amide bonds. The van der Waals surface area contributed by atoms with Gasteiger partial charge in [0.05, 0.1) is 0 Å². The highest BCUT2D eigenvalue weighted by Crippen LogP contribution is 2.34. The normalized spacial score (nSPS) is 9.25. The topological polar surface area (TPSA) is 49.7 Å². The maximum absolute atomic E-state index is 9.46. The van der Waals surface area contributed by atoms with Crippen molar-refractivity contribution in [1.82, 2.24) is 0 Å². The van der Waals surface area contributed by atoms with Gasteiger partial charge in [0.1, 0.15) is 0 Å². The van der Waals surface area contributed by atoms with E-state index in [-0.39, 0.29) is 21.4 Å². The van der Waals surface area contributed by atoms with Gasteiger partial charge in [-0.05, 0) is 24.3 Å². The summed E-state index contributed by atoms with van der Waals surface area (Å²) in [5.74, 6) is 0.722. The Labute approximate surface area is 96.9 Å². The first-order valence-electron chi connectivity index (χ1n) is 4.51. The van der Waals surface area contributed by atoms with Crippen molar-refractivity contribution < 1.29 is 14.9 Å². The lowest BCUT2D eigenvalue weighted by Gasteiger charge is -2.08. The van der Waals surface area contributed by atoms with Crippen LogP contribution in [0.15, 0.2) is 48.5 Å². The molecule has 16 heavy (non-hydrogen) atoms. The average molecular weight is 236 g/mol. The van der Waals surface area contributed by atoms with Crippen molar-refractivity contribution in [2.24, 2.45) is 0 Å². The van der Waals surface area contributed by atoms with Gasteiger partial charge in [0.2, 0.25) is 0 Å². The number of hydrogen-bond donors (Lipinski definition) is 2.